The first kappa shape index (κ1) is 21.0. The molecule has 2 aromatic heterocycles. The van der Waals surface area contributed by atoms with Crippen molar-refractivity contribution in [3.8, 4) is 11.1 Å². The van der Waals surface area contributed by atoms with Crippen molar-refractivity contribution in [3.63, 3.8) is 0 Å². The number of carbonyl (C=O) groups excluding carboxylic acids is 1. The van der Waals surface area contributed by atoms with Gasteiger partial charge in [-0.05, 0) is 43.5 Å². The fourth-order valence-corrected chi connectivity index (χ4v) is 4.06. The molecule has 0 radical (unpaired) electrons. The summed E-state index contributed by atoms with van der Waals surface area (Å²) in [4.78, 5) is 26.1. The molecule has 8 heteroatoms. The first-order valence-corrected chi connectivity index (χ1v) is 10.5. The first-order chi connectivity index (χ1) is 14.9. The summed E-state index contributed by atoms with van der Waals surface area (Å²) in [6.45, 7) is 3.21. The molecule has 162 valence electrons. The smallest absolute Gasteiger partial charge is 0.225 e. The second-order valence-electron chi connectivity index (χ2n) is 8.06. The van der Waals surface area contributed by atoms with Crippen LogP contribution in [0.25, 0.3) is 11.1 Å². The second kappa shape index (κ2) is 8.83. The van der Waals surface area contributed by atoms with Crippen LogP contribution in [0.3, 0.4) is 0 Å². The summed E-state index contributed by atoms with van der Waals surface area (Å²) < 4.78 is 15.8. The van der Waals surface area contributed by atoms with Crippen LogP contribution in [0.1, 0.15) is 36.7 Å². The van der Waals surface area contributed by atoms with E-state index in [0.29, 0.717) is 31.0 Å². The van der Waals surface area contributed by atoms with E-state index < -0.39 is 0 Å². The maximum Gasteiger partial charge on any atom is 0.225 e. The Bertz CT molecular complexity index is 1080. The fraction of sp³-hybridized carbons (Fsp3) is 0.391. The second-order valence-corrected chi connectivity index (χ2v) is 8.06. The summed E-state index contributed by atoms with van der Waals surface area (Å²) >= 11 is 0. The van der Waals surface area contributed by atoms with Crippen LogP contribution in [-0.4, -0.2) is 51.2 Å². The Kier molecular flexibility index (Phi) is 5.97. The van der Waals surface area contributed by atoms with Gasteiger partial charge in [0.15, 0.2) is 0 Å². The lowest BCUT2D eigenvalue weighted by atomic mass is 9.99. The number of nitrogens with zero attached hydrogens (tertiary/aromatic N) is 6. The number of benzene rings is 1. The summed E-state index contributed by atoms with van der Waals surface area (Å²) in [6.07, 6.45) is 5.58. The molecule has 1 fully saturated rings. The highest BCUT2D eigenvalue weighted by Gasteiger charge is 2.33. The molecular weight excluding hydrogens is 395 g/mol. The molecule has 31 heavy (non-hydrogen) atoms. The molecular formula is C23H27FN6O. The molecule has 3 aromatic rings. The van der Waals surface area contributed by atoms with Crippen LogP contribution in [0.4, 0.5) is 10.3 Å². The molecule has 0 spiro atoms. The number of hydrogen-bond acceptors (Lipinski definition) is 5. The largest absolute Gasteiger partial charge is 0.347 e. The Hall–Kier alpha value is -3.29. The number of aryl methyl sites for hydroxylation is 2. The van der Waals surface area contributed by atoms with E-state index in [0.717, 1.165) is 29.8 Å². The van der Waals surface area contributed by atoms with E-state index in [2.05, 4.69) is 10.1 Å². The van der Waals surface area contributed by atoms with Crippen LogP contribution in [0.5, 0.6) is 0 Å². The zero-order valence-electron chi connectivity index (χ0n) is 18.1. The zero-order valence-corrected chi connectivity index (χ0v) is 18.1. The minimum Gasteiger partial charge on any atom is -0.347 e. The molecule has 1 amide bonds. The molecule has 0 bridgehead atoms. The predicted molar refractivity (Wildman–Crippen MR) is 117 cm³/mol. The molecule has 1 aliphatic rings. The van der Waals surface area contributed by atoms with E-state index >= 15 is 0 Å². The maximum atomic E-state index is 13.9. The lowest BCUT2D eigenvalue weighted by Crippen LogP contribution is -2.32. The quantitative estimate of drug-likeness (QED) is 0.607. The Morgan fingerprint density at radius 2 is 2.13 bits per heavy atom. The van der Waals surface area contributed by atoms with Gasteiger partial charge in [-0.15, -0.1) is 0 Å². The van der Waals surface area contributed by atoms with Gasteiger partial charge < -0.3 is 9.80 Å². The molecule has 0 saturated carbocycles. The van der Waals surface area contributed by atoms with Gasteiger partial charge in [0, 0.05) is 57.3 Å². The van der Waals surface area contributed by atoms with Crippen molar-refractivity contribution in [1.82, 2.24) is 24.6 Å². The van der Waals surface area contributed by atoms with Crippen LogP contribution >= 0.6 is 0 Å². The van der Waals surface area contributed by atoms with E-state index in [4.69, 9.17) is 4.98 Å². The van der Waals surface area contributed by atoms with Crippen LogP contribution < -0.4 is 4.90 Å². The van der Waals surface area contributed by atoms with Crippen molar-refractivity contribution in [2.75, 3.05) is 25.5 Å². The van der Waals surface area contributed by atoms with Crippen LogP contribution in [-0.2, 0) is 11.3 Å². The number of amides is 1. The fourth-order valence-electron chi connectivity index (χ4n) is 4.06. The molecule has 1 atom stereocenters. The monoisotopic (exact) mass is 422 g/mol. The third-order valence-electron chi connectivity index (χ3n) is 5.70. The van der Waals surface area contributed by atoms with E-state index in [9.17, 15) is 9.18 Å². The molecule has 0 N–H and O–H groups in total. The molecule has 1 aliphatic heterocycles. The van der Waals surface area contributed by atoms with Crippen molar-refractivity contribution in [3.05, 3.63) is 59.9 Å². The minimum atomic E-state index is -0.311. The Balaban J connectivity index is 1.65. The van der Waals surface area contributed by atoms with Crippen LogP contribution in [0, 0.1) is 12.7 Å². The average molecular weight is 423 g/mol. The Labute approximate surface area is 181 Å². The summed E-state index contributed by atoms with van der Waals surface area (Å²) in [5, 5.41) is 4.27. The standard InChI is InChI=1S/C23H27FN6O/c1-16-9-11-26-30(16)13-10-21(31)29-12-5-8-20(29)22-19(15-25-23(27-22)28(2)3)17-6-4-7-18(24)14-17/h4,6-7,9,11,14-15,20H,5,8,10,12-13H2,1-3H3/t20-/m0/s1. The molecule has 1 aromatic carbocycles. The van der Waals surface area contributed by atoms with Gasteiger partial charge in [0.2, 0.25) is 11.9 Å². The highest BCUT2D eigenvalue weighted by Crippen LogP contribution is 2.37. The number of aromatic nitrogens is 4. The number of carbonyl (C=O) groups is 1. The Morgan fingerprint density at radius 3 is 2.84 bits per heavy atom. The Morgan fingerprint density at radius 1 is 1.29 bits per heavy atom. The number of likely N-dealkylation sites (tertiary alicyclic amines) is 1. The molecule has 1 saturated heterocycles. The summed E-state index contributed by atoms with van der Waals surface area (Å²) in [6, 6.07) is 8.20. The van der Waals surface area contributed by atoms with Gasteiger partial charge in [0.1, 0.15) is 5.82 Å². The number of halogens is 1. The highest BCUT2D eigenvalue weighted by molar-refractivity contribution is 5.77. The summed E-state index contributed by atoms with van der Waals surface area (Å²) in [7, 11) is 3.76. The van der Waals surface area contributed by atoms with Crippen LogP contribution in [0.15, 0.2) is 42.7 Å². The minimum absolute atomic E-state index is 0.0765. The summed E-state index contributed by atoms with van der Waals surface area (Å²) in [5.74, 6) is 0.336. The van der Waals surface area contributed by atoms with E-state index in [1.807, 2.05) is 47.6 Å². The van der Waals surface area contributed by atoms with Gasteiger partial charge in [0.25, 0.3) is 0 Å². The van der Waals surface area contributed by atoms with Gasteiger partial charge in [-0.25, -0.2) is 14.4 Å². The van der Waals surface area contributed by atoms with Gasteiger partial charge in [0.05, 0.1) is 11.7 Å². The third kappa shape index (κ3) is 4.42. The number of anilines is 1. The van der Waals surface area contributed by atoms with E-state index in [-0.39, 0.29) is 17.8 Å². The van der Waals surface area contributed by atoms with E-state index in [1.54, 1.807) is 18.5 Å². The average Bonchev–Trinajstić information content (AvgIpc) is 3.40. The van der Waals surface area contributed by atoms with E-state index in [1.165, 1.54) is 12.1 Å². The lowest BCUT2D eigenvalue weighted by molar-refractivity contribution is -0.132. The van der Waals surface area contributed by atoms with Gasteiger partial charge in [-0.3, -0.25) is 9.48 Å². The molecule has 3 heterocycles. The third-order valence-corrected chi connectivity index (χ3v) is 5.70. The number of hydrogen-bond donors (Lipinski definition) is 0. The zero-order chi connectivity index (χ0) is 22.0. The lowest BCUT2D eigenvalue weighted by Gasteiger charge is -2.27. The van der Waals surface area contributed by atoms with Crippen molar-refractivity contribution in [2.45, 2.75) is 38.8 Å². The highest BCUT2D eigenvalue weighted by atomic mass is 19.1. The normalized spacial score (nSPS) is 16.0. The topological polar surface area (TPSA) is 67.2 Å². The SMILES string of the molecule is Cc1ccnn1CCC(=O)N1CCC[C@H]1c1nc(N(C)C)ncc1-c1cccc(F)c1. The van der Waals surface area contributed by atoms with Crippen molar-refractivity contribution < 1.29 is 9.18 Å². The molecule has 7 nitrogen and oxygen atoms in total. The van der Waals surface area contributed by atoms with Crippen LogP contribution in [0.2, 0.25) is 0 Å². The molecule has 0 unspecified atom stereocenters. The first-order valence-electron chi connectivity index (χ1n) is 10.5. The van der Waals surface area contributed by atoms with Crippen molar-refractivity contribution in [1.29, 1.82) is 0 Å². The van der Waals surface area contributed by atoms with Gasteiger partial charge >= 0.3 is 0 Å². The van der Waals surface area contributed by atoms with Crippen molar-refractivity contribution in [2.24, 2.45) is 0 Å². The van der Waals surface area contributed by atoms with Crippen molar-refractivity contribution >= 4 is 11.9 Å². The molecule has 0 aliphatic carbocycles. The maximum absolute atomic E-state index is 13.9. The van der Waals surface area contributed by atoms with Gasteiger partial charge in [-0.2, -0.15) is 5.10 Å². The number of rotatable bonds is 6. The molecule has 4 rings (SSSR count). The predicted octanol–water partition coefficient (Wildman–Crippen LogP) is 3.61. The van der Waals surface area contributed by atoms with Gasteiger partial charge in [-0.1, -0.05) is 12.1 Å². The summed E-state index contributed by atoms with van der Waals surface area (Å²) in [5.41, 5.74) is 3.28.